The number of nitrogens with two attached hydrogens (primary N) is 1. The van der Waals surface area contributed by atoms with Crippen LogP contribution >= 0.6 is 15.9 Å². The molecule has 1 aromatic carbocycles. The van der Waals surface area contributed by atoms with Crippen LogP contribution in [0, 0.1) is 5.92 Å². The second-order valence-corrected chi connectivity index (χ2v) is 5.91. The summed E-state index contributed by atoms with van der Waals surface area (Å²) in [6.45, 7) is 3.66. The number of hydrogen-bond acceptors (Lipinski definition) is 2. The average molecular weight is 311 g/mol. The van der Waals surface area contributed by atoms with E-state index in [1.165, 1.54) is 0 Å². The lowest BCUT2D eigenvalue weighted by molar-refractivity contribution is -0.131. The van der Waals surface area contributed by atoms with Gasteiger partial charge in [-0.2, -0.15) is 0 Å². The van der Waals surface area contributed by atoms with Crippen LogP contribution in [0.15, 0.2) is 22.7 Å². The highest BCUT2D eigenvalue weighted by molar-refractivity contribution is 9.10. The van der Waals surface area contributed by atoms with Crippen LogP contribution in [-0.2, 0) is 11.3 Å². The maximum Gasteiger partial charge on any atom is 0.222 e. The van der Waals surface area contributed by atoms with E-state index in [0.29, 0.717) is 18.9 Å². The summed E-state index contributed by atoms with van der Waals surface area (Å²) in [5.41, 5.74) is 7.74. The number of amides is 1. The highest BCUT2D eigenvalue weighted by atomic mass is 79.9. The molecule has 1 unspecified atom stereocenters. The minimum Gasteiger partial charge on any atom is -0.398 e. The number of carbonyl (C=O) groups excluding carboxylic acids is 1. The zero-order valence-corrected chi connectivity index (χ0v) is 12.2. The van der Waals surface area contributed by atoms with Crippen molar-refractivity contribution in [3.8, 4) is 0 Å². The molecular weight excluding hydrogens is 292 g/mol. The molecule has 4 heteroatoms. The van der Waals surface area contributed by atoms with Crippen molar-refractivity contribution in [2.75, 3.05) is 12.3 Å². The van der Waals surface area contributed by atoms with E-state index in [0.717, 1.165) is 35.1 Å². The highest BCUT2D eigenvalue weighted by Gasteiger charge is 2.21. The van der Waals surface area contributed by atoms with Gasteiger partial charge in [0.1, 0.15) is 0 Å². The lowest BCUT2D eigenvalue weighted by atomic mass is 10.0. The fraction of sp³-hybridized carbons (Fsp3) is 0.500. The number of carbonyl (C=O) groups is 1. The van der Waals surface area contributed by atoms with Crippen LogP contribution < -0.4 is 5.73 Å². The Balaban J connectivity index is 2.15. The van der Waals surface area contributed by atoms with E-state index in [1.807, 2.05) is 23.1 Å². The van der Waals surface area contributed by atoms with E-state index in [2.05, 4.69) is 22.9 Å². The van der Waals surface area contributed by atoms with Crippen molar-refractivity contribution in [3.63, 3.8) is 0 Å². The molecule has 0 aliphatic carbocycles. The lowest BCUT2D eigenvalue weighted by Crippen LogP contribution is -2.30. The van der Waals surface area contributed by atoms with Gasteiger partial charge in [0, 0.05) is 35.2 Å². The molecule has 1 atom stereocenters. The van der Waals surface area contributed by atoms with E-state index in [1.54, 1.807) is 0 Å². The van der Waals surface area contributed by atoms with Crippen molar-refractivity contribution in [2.24, 2.45) is 5.92 Å². The van der Waals surface area contributed by atoms with Crippen LogP contribution in [0.2, 0.25) is 0 Å². The lowest BCUT2D eigenvalue weighted by Gasteiger charge is -2.22. The number of halogens is 1. The second kappa shape index (κ2) is 5.74. The summed E-state index contributed by atoms with van der Waals surface area (Å²) in [5.74, 6) is 0.880. The summed E-state index contributed by atoms with van der Waals surface area (Å²) in [6.07, 6.45) is 2.74. The molecule has 1 aromatic rings. The number of nitrogen functional groups attached to an aromatic ring is 1. The Morgan fingerprint density at radius 1 is 1.44 bits per heavy atom. The van der Waals surface area contributed by atoms with Gasteiger partial charge in [-0.05, 0) is 30.9 Å². The van der Waals surface area contributed by atoms with Gasteiger partial charge in [-0.1, -0.05) is 28.9 Å². The smallest absolute Gasteiger partial charge is 0.222 e. The first-order chi connectivity index (χ1) is 8.58. The van der Waals surface area contributed by atoms with Gasteiger partial charge in [-0.3, -0.25) is 4.79 Å². The van der Waals surface area contributed by atoms with Crippen LogP contribution in [0.1, 0.15) is 31.7 Å². The van der Waals surface area contributed by atoms with Crippen molar-refractivity contribution in [2.45, 2.75) is 32.7 Å². The maximum absolute atomic E-state index is 12.1. The first kappa shape index (κ1) is 13.4. The maximum atomic E-state index is 12.1. The molecule has 0 bridgehead atoms. The Kier molecular flexibility index (Phi) is 4.27. The molecule has 2 N–H and O–H groups in total. The molecule has 18 heavy (non-hydrogen) atoms. The van der Waals surface area contributed by atoms with E-state index in [9.17, 15) is 4.79 Å². The minimum absolute atomic E-state index is 0.245. The Hall–Kier alpha value is -1.03. The zero-order chi connectivity index (χ0) is 13.1. The van der Waals surface area contributed by atoms with Gasteiger partial charge in [0.2, 0.25) is 5.91 Å². The molecule has 0 saturated carbocycles. The number of anilines is 1. The van der Waals surface area contributed by atoms with Gasteiger partial charge in [0.25, 0.3) is 0 Å². The van der Waals surface area contributed by atoms with Gasteiger partial charge in [-0.15, -0.1) is 0 Å². The van der Waals surface area contributed by atoms with Crippen LogP contribution in [-0.4, -0.2) is 17.4 Å². The van der Waals surface area contributed by atoms with Crippen LogP contribution in [0.25, 0.3) is 0 Å². The third-order valence-electron chi connectivity index (χ3n) is 3.60. The normalized spacial score (nSPS) is 20.9. The molecule has 0 spiro atoms. The second-order valence-electron chi connectivity index (χ2n) is 5.06. The fourth-order valence-corrected chi connectivity index (χ4v) is 2.78. The predicted octanol–water partition coefficient (Wildman–Crippen LogP) is 3.18. The van der Waals surface area contributed by atoms with Crippen molar-refractivity contribution < 1.29 is 4.79 Å². The van der Waals surface area contributed by atoms with E-state index in [4.69, 9.17) is 5.73 Å². The molecule has 98 valence electrons. The van der Waals surface area contributed by atoms with Gasteiger partial charge >= 0.3 is 0 Å². The number of rotatable bonds is 2. The molecule has 1 heterocycles. The monoisotopic (exact) mass is 310 g/mol. The van der Waals surface area contributed by atoms with Crippen LogP contribution in [0.4, 0.5) is 5.69 Å². The highest BCUT2D eigenvalue weighted by Crippen LogP contribution is 2.26. The molecule has 1 aliphatic heterocycles. The molecule has 0 aromatic heterocycles. The van der Waals surface area contributed by atoms with Gasteiger partial charge in [0.15, 0.2) is 0 Å². The summed E-state index contributed by atoms with van der Waals surface area (Å²) >= 11 is 3.51. The van der Waals surface area contributed by atoms with Crippen molar-refractivity contribution in [1.29, 1.82) is 0 Å². The van der Waals surface area contributed by atoms with Gasteiger partial charge < -0.3 is 10.6 Å². The quantitative estimate of drug-likeness (QED) is 0.853. The molecule has 2 rings (SSSR count). The molecule has 1 amide bonds. The number of nitrogens with zero attached hydrogens (tertiary/aromatic N) is 1. The number of benzene rings is 1. The number of hydrogen-bond donors (Lipinski definition) is 1. The SMILES string of the molecule is CC1CCC(=O)N(Cc2c(N)cccc2Br)CC1. The third kappa shape index (κ3) is 3.05. The molecule has 1 fully saturated rings. The Morgan fingerprint density at radius 2 is 2.22 bits per heavy atom. The topological polar surface area (TPSA) is 46.3 Å². The van der Waals surface area contributed by atoms with Crippen LogP contribution in [0.5, 0.6) is 0 Å². The molecule has 0 radical (unpaired) electrons. The van der Waals surface area contributed by atoms with E-state index < -0.39 is 0 Å². The zero-order valence-electron chi connectivity index (χ0n) is 10.7. The van der Waals surface area contributed by atoms with Crippen molar-refractivity contribution in [1.82, 2.24) is 4.90 Å². The molecule has 3 nitrogen and oxygen atoms in total. The first-order valence-corrected chi connectivity index (χ1v) is 7.18. The predicted molar refractivity (Wildman–Crippen MR) is 77.0 cm³/mol. The molecule has 1 saturated heterocycles. The van der Waals surface area contributed by atoms with Crippen LogP contribution in [0.3, 0.4) is 0 Å². The summed E-state index contributed by atoms with van der Waals surface area (Å²) < 4.78 is 0.979. The largest absolute Gasteiger partial charge is 0.398 e. The minimum atomic E-state index is 0.245. The summed E-state index contributed by atoms with van der Waals surface area (Å²) in [7, 11) is 0. The molecule has 1 aliphatic rings. The standard InChI is InChI=1S/C14H19BrN2O/c1-10-5-6-14(18)17(8-7-10)9-11-12(15)3-2-4-13(11)16/h2-4,10H,5-9,16H2,1H3. The Morgan fingerprint density at radius 3 is 2.94 bits per heavy atom. The first-order valence-electron chi connectivity index (χ1n) is 6.38. The average Bonchev–Trinajstić information content (AvgIpc) is 2.48. The molecular formula is C14H19BrN2O. The van der Waals surface area contributed by atoms with Gasteiger partial charge in [-0.25, -0.2) is 0 Å². The van der Waals surface area contributed by atoms with Gasteiger partial charge in [0.05, 0.1) is 0 Å². The van der Waals surface area contributed by atoms with Crippen molar-refractivity contribution in [3.05, 3.63) is 28.2 Å². The Bertz CT molecular complexity index is 427. The van der Waals surface area contributed by atoms with E-state index >= 15 is 0 Å². The Labute approximate surface area is 116 Å². The summed E-state index contributed by atoms with van der Waals surface area (Å²) in [4.78, 5) is 14.0. The third-order valence-corrected chi connectivity index (χ3v) is 4.34. The summed E-state index contributed by atoms with van der Waals surface area (Å²) in [5, 5.41) is 0. The number of likely N-dealkylation sites (tertiary alicyclic amines) is 1. The van der Waals surface area contributed by atoms with E-state index in [-0.39, 0.29) is 5.91 Å². The summed E-state index contributed by atoms with van der Waals surface area (Å²) in [6, 6.07) is 5.76. The van der Waals surface area contributed by atoms with Crippen molar-refractivity contribution >= 4 is 27.5 Å². The fourth-order valence-electron chi connectivity index (χ4n) is 2.27.